The molecule has 2 heterocycles. The number of anilines is 3. The van der Waals surface area contributed by atoms with Crippen LogP contribution in [0.1, 0.15) is 49.9 Å². The molecule has 142 valence electrons. The maximum absolute atomic E-state index is 12.6. The normalized spacial score (nSPS) is 16.7. The molecule has 1 aliphatic heterocycles. The van der Waals surface area contributed by atoms with Gasteiger partial charge in [0.05, 0.1) is 17.4 Å². The van der Waals surface area contributed by atoms with Gasteiger partial charge in [-0.15, -0.1) is 0 Å². The van der Waals surface area contributed by atoms with Gasteiger partial charge in [-0.3, -0.25) is 14.6 Å². The van der Waals surface area contributed by atoms with E-state index in [1.165, 1.54) is 26.2 Å². The molecule has 27 heavy (non-hydrogen) atoms. The van der Waals surface area contributed by atoms with Crippen molar-refractivity contribution in [2.75, 3.05) is 22.1 Å². The van der Waals surface area contributed by atoms with Crippen LogP contribution < -0.4 is 15.5 Å². The second-order valence-electron chi connectivity index (χ2n) is 6.90. The van der Waals surface area contributed by atoms with Crippen molar-refractivity contribution in [3.63, 3.8) is 0 Å². The maximum Gasteiger partial charge on any atom is 0.257 e. The molecular formula is C21H26N4O2. The lowest BCUT2D eigenvalue weighted by Crippen LogP contribution is -2.39. The first-order chi connectivity index (χ1) is 13.1. The Morgan fingerprint density at radius 1 is 1.11 bits per heavy atom. The Balaban J connectivity index is 1.70. The molecule has 1 aliphatic rings. The second-order valence-corrected chi connectivity index (χ2v) is 6.90. The summed E-state index contributed by atoms with van der Waals surface area (Å²) in [5.74, 6) is -0.320. The first kappa shape index (κ1) is 18.9. The fourth-order valence-corrected chi connectivity index (χ4v) is 3.52. The van der Waals surface area contributed by atoms with Gasteiger partial charge in [-0.2, -0.15) is 0 Å². The lowest BCUT2D eigenvalue weighted by Gasteiger charge is -2.37. The molecule has 3 rings (SSSR count). The number of benzene rings is 1. The number of nitrogens with one attached hydrogen (secondary N) is 2. The molecular weight excluding hydrogens is 340 g/mol. The van der Waals surface area contributed by atoms with Crippen molar-refractivity contribution in [2.45, 2.75) is 45.6 Å². The summed E-state index contributed by atoms with van der Waals surface area (Å²) in [7, 11) is 0. The Kier molecular flexibility index (Phi) is 6.06. The van der Waals surface area contributed by atoms with Crippen molar-refractivity contribution >= 4 is 28.9 Å². The van der Waals surface area contributed by atoms with Gasteiger partial charge in [-0.05, 0) is 56.0 Å². The molecule has 0 aliphatic carbocycles. The molecule has 0 spiro atoms. The summed E-state index contributed by atoms with van der Waals surface area (Å²) in [6, 6.07) is 9.47. The van der Waals surface area contributed by atoms with Crippen molar-refractivity contribution in [3.8, 4) is 0 Å². The Morgan fingerprint density at radius 2 is 1.81 bits per heavy atom. The first-order valence-electron chi connectivity index (χ1n) is 9.47. The highest BCUT2D eigenvalue weighted by atomic mass is 16.2. The van der Waals surface area contributed by atoms with E-state index >= 15 is 0 Å². The molecule has 1 unspecified atom stereocenters. The Hall–Kier alpha value is -2.89. The van der Waals surface area contributed by atoms with Gasteiger partial charge in [0, 0.05) is 37.1 Å². The smallest absolute Gasteiger partial charge is 0.257 e. The van der Waals surface area contributed by atoms with Crippen LogP contribution in [0.4, 0.5) is 17.1 Å². The highest BCUT2D eigenvalue weighted by Gasteiger charge is 2.22. The molecule has 2 aromatic rings. The fraction of sp³-hybridized carbons (Fsp3) is 0.381. The average Bonchev–Trinajstić information content (AvgIpc) is 2.69. The summed E-state index contributed by atoms with van der Waals surface area (Å²) in [6.45, 7) is 4.68. The van der Waals surface area contributed by atoms with E-state index in [4.69, 9.17) is 0 Å². The van der Waals surface area contributed by atoms with E-state index in [0.29, 0.717) is 23.0 Å². The van der Waals surface area contributed by atoms with Crippen molar-refractivity contribution in [1.29, 1.82) is 0 Å². The molecule has 1 saturated heterocycles. The van der Waals surface area contributed by atoms with E-state index in [1.54, 1.807) is 30.5 Å². The van der Waals surface area contributed by atoms with Gasteiger partial charge >= 0.3 is 0 Å². The second kappa shape index (κ2) is 8.66. The third kappa shape index (κ3) is 4.84. The van der Waals surface area contributed by atoms with E-state index in [-0.39, 0.29) is 11.8 Å². The van der Waals surface area contributed by atoms with Gasteiger partial charge in [-0.25, -0.2) is 0 Å². The Labute approximate surface area is 160 Å². The Bertz CT molecular complexity index is 804. The number of hydrogen-bond acceptors (Lipinski definition) is 4. The van der Waals surface area contributed by atoms with E-state index in [1.807, 2.05) is 12.3 Å². The van der Waals surface area contributed by atoms with Crippen LogP contribution in [0.5, 0.6) is 0 Å². The van der Waals surface area contributed by atoms with E-state index < -0.39 is 0 Å². The summed E-state index contributed by atoms with van der Waals surface area (Å²) < 4.78 is 0. The van der Waals surface area contributed by atoms with Crippen LogP contribution in [-0.2, 0) is 4.79 Å². The molecule has 0 bridgehead atoms. The summed E-state index contributed by atoms with van der Waals surface area (Å²) >= 11 is 0. The Morgan fingerprint density at radius 3 is 2.48 bits per heavy atom. The number of carbonyl (C=O) groups is 2. The van der Waals surface area contributed by atoms with Gasteiger partial charge in [-0.1, -0.05) is 6.92 Å². The topological polar surface area (TPSA) is 74.3 Å². The van der Waals surface area contributed by atoms with Gasteiger partial charge < -0.3 is 15.5 Å². The largest absolute Gasteiger partial charge is 0.367 e. The SMILES string of the molecule is CCC1CCCCN1c1cncc(C(=O)Nc2ccc(NC(C)=O)cc2)c1. The number of amides is 2. The molecule has 2 N–H and O–H groups in total. The van der Waals surface area contributed by atoms with E-state index in [9.17, 15) is 9.59 Å². The van der Waals surface area contributed by atoms with Crippen LogP contribution in [0.25, 0.3) is 0 Å². The molecule has 1 fully saturated rings. The zero-order valence-electron chi connectivity index (χ0n) is 15.9. The highest BCUT2D eigenvalue weighted by molar-refractivity contribution is 6.04. The first-order valence-corrected chi connectivity index (χ1v) is 9.47. The number of piperidine rings is 1. The van der Waals surface area contributed by atoms with Gasteiger partial charge in [0.2, 0.25) is 5.91 Å². The summed E-state index contributed by atoms with van der Waals surface area (Å²) in [4.78, 5) is 30.4. The molecule has 1 aromatic carbocycles. The number of aromatic nitrogens is 1. The standard InChI is InChI=1S/C21H26N4O2/c1-3-19-6-4-5-11-25(19)20-12-16(13-22-14-20)21(27)24-18-9-7-17(8-10-18)23-15(2)26/h7-10,12-14,19H,3-6,11H2,1-2H3,(H,23,26)(H,24,27). The van der Waals surface area contributed by atoms with Crippen molar-refractivity contribution in [1.82, 2.24) is 4.98 Å². The van der Waals surface area contributed by atoms with E-state index in [2.05, 4.69) is 27.4 Å². The van der Waals surface area contributed by atoms with Gasteiger partial charge in [0.1, 0.15) is 0 Å². The highest BCUT2D eigenvalue weighted by Crippen LogP contribution is 2.26. The zero-order valence-corrected chi connectivity index (χ0v) is 15.9. The zero-order chi connectivity index (χ0) is 19.2. The van der Waals surface area contributed by atoms with Crippen LogP contribution in [0.3, 0.4) is 0 Å². The number of hydrogen-bond donors (Lipinski definition) is 2. The predicted octanol–water partition coefficient (Wildman–Crippen LogP) is 4.06. The lowest BCUT2D eigenvalue weighted by atomic mass is 9.99. The van der Waals surface area contributed by atoms with Crippen molar-refractivity contribution in [2.24, 2.45) is 0 Å². The monoisotopic (exact) mass is 366 g/mol. The maximum atomic E-state index is 12.6. The van der Waals surface area contributed by atoms with Crippen molar-refractivity contribution in [3.05, 3.63) is 48.3 Å². The third-order valence-electron chi connectivity index (χ3n) is 4.88. The summed E-state index contributed by atoms with van der Waals surface area (Å²) in [5.41, 5.74) is 2.91. The number of rotatable bonds is 5. The quantitative estimate of drug-likeness (QED) is 0.837. The van der Waals surface area contributed by atoms with Crippen LogP contribution in [0.2, 0.25) is 0 Å². The minimum Gasteiger partial charge on any atom is -0.367 e. The molecule has 6 nitrogen and oxygen atoms in total. The molecule has 0 radical (unpaired) electrons. The van der Waals surface area contributed by atoms with E-state index in [0.717, 1.165) is 18.7 Å². The predicted molar refractivity (Wildman–Crippen MR) is 108 cm³/mol. The number of carbonyl (C=O) groups excluding carboxylic acids is 2. The number of nitrogens with zero attached hydrogens (tertiary/aromatic N) is 2. The van der Waals surface area contributed by atoms with Crippen LogP contribution in [0.15, 0.2) is 42.7 Å². The van der Waals surface area contributed by atoms with Gasteiger partial charge in [0.25, 0.3) is 5.91 Å². The molecule has 1 atom stereocenters. The fourth-order valence-electron chi connectivity index (χ4n) is 3.52. The van der Waals surface area contributed by atoms with Crippen LogP contribution >= 0.6 is 0 Å². The molecule has 6 heteroatoms. The van der Waals surface area contributed by atoms with Crippen LogP contribution in [-0.4, -0.2) is 29.4 Å². The minimum atomic E-state index is -0.193. The molecule has 1 aromatic heterocycles. The molecule has 2 amide bonds. The minimum absolute atomic E-state index is 0.127. The summed E-state index contributed by atoms with van der Waals surface area (Å²) in [6.07, 6.45) is 8.15. The van der Waals surface area contributed by atoms with Gasteiger partial charge in [0.15, 0.2) is 0 Å². The lowest BCUT2D eigenvalue weighted by molar-refractivity contribution is -0.114. The summed E-state index contributed by atoms with van der Waals surface area (Å²) in [5, 5.41) is 5.59. The molecule has 0 saturated carbocycles. The third-order valence-corrected chi connectivity index (χ3v) is 4.88. The van der Waals surface area contributed by atoms with Crippen LogP contribution in [0, 0.1) is 0 Å². The average molecular weight is 366 g/mol. The number of pyridine rings is 1. The van der Waals surface area contributed by atoms with Crippen molar-refractivity contribution < 1.29 is 9.59 Å².